The van der Waals surface area contributed by atoms with Gasteiger partial charge in [0.25, 0.3) is 5.91 Å². The third kappa shape index (κ3) is 5.22. The number of pyridine rings is 1. The summed E-state index contributed by atoms with van der Waals surface area (Å²) in [6, 6.07) is 10.7. The van der Waals surface area contributed by atoms with Crippen molar-refractivity contribution in [3.05, 3.63) is 80.9 Å². The highest BCUT2D eigenvalue weighted by Crippen LogP contribution is 2.27. The molecule has 4 rings (SSSR count). The minimum atomic E-state index is -0.643. The molecule has 1 saturated heterocycles. The van der Waals surface area contributed by atoms with Crippen LogP contribution in [0.15, 0.2) is 51.8 Å². The van der Waals surface area contributed by atoms with Gasteiger partial charge in [-0.2, -0.15) is 4.68 Å². The van der Waals surface area contributed by atoms with E-state index in [2.05, 4.69) is 15.4 Å². The maximum Gasteiger partial charge on any atom is 0.436 e. The Hall–Kier alpha value is -3.01. The van der Waals surface area contributed by atoms with Crippen LogP contribution < -0.4 is 11.1 Å². The van der Waals surface area contributed by atoms with Crippen molar-refractivity contribution in [2.75, 3.05) is 7.05 Å². The van der Waals surface area contributed by atoms with E-state index < -0.39 is 17.9 Å². The van der Waals surface area contributed by atoms with Crippen molar-refractivity contribution in [1.82, 2.24) is 25.0 Å². The number of hydrogen-bond donors (Lipinski definition) is 2. The molecular weight excluding hydrogens is 458 g/mol. The molecule has 1 amide bonds. The van der Waals surface area contributed by atoms with E-state index in [1.54, 1.807) is 44.4 Å². The van der Waals surface area contributed by atoms with E-state index in [4.69, 9.17) is 16.0 Å². The molecule has 1 aromatic carbocycles. The lowest BCUT2D eigenvalue weighted by Crippen LogP contribution is -2.35. The number of nitrogens with one attached hydrogen (secondary N) is 1. The molecule has 0 radical (unpaired) electrons. The highest BCUT2D eigenvalue weighted by molar-refractivity contribution is 6.29. The molecule has 0 aliphatic carbocycles. The predicted molar refractivity (Wildman–Crippen MR) is 127 cm³/mol. The first-order chi connectivity index (χ1) is 16.2. The van der Waals surface area contributed by atoms with Crippen LogP contribution in [0.2, 0.25) is 5.15 Å². The molecule has 34 heavy (non-hydrogen) atoms. The fourth-order valence-corrected chi connectivity index (χ4v) is 4.31. The van der Waals surface area contributed by atoms with E-state index in [0.29, 0.717) is 10.7 Å². The van der Waals surface area contributed by atoms with Crippen LogP contribution in [0, 0.1) is 0 Å². The van der Waals surface area contributed by atoms with Gasteiger partial charge in [0, 0.05) is 43.5 Å². The zero-order valence-corrected chi connectivity index (χ0v) is 20.1. The fraction of sp³-hybridized carbons (Fsp3) is 0.417. The van der Waals surface area contributed by atoms with Gasteiger partial charge < -0.3 is 19.7 Å². The van der Waals surface area contributed by atoms with Gasteiger partial charge >= 0.3 is 5.76 Å². The number of aryl methyl sites for hydroxylation is 1. The average molecular weight is 486 g/mol. The van der Waals surface area contributed by atoms with E-state index in [1.165, 1.54) is 11.9 Å². The van der Waals surface area contributed by atoms with Gasteiger partial charge in [-0.05, 0) is 49.9 Å². The first-order valence-corrected chi connectivity index (χ1v) is 11.6. The fourth-order valence-electron chi connectivity index (χ4n) is 4.20. The van der Waals surface area contributed by atoms with Crippen LogP contribution >= 0.6 is 11.6 Å². The number of rotatable bonds is 7. The molecule has 0 spiro atoms. The van der Waals surface area contributed by atoms with Crippen LogP contribution in [0.1, 0.15) is 59.3 Å². The number of aliphatic hydroxyl groups is 1. The number of carbonyl (C=O) groups is 1. The summed E-state index contributed by atoms with van der Waals surface area (Å²) in [6.45, 7) is 1.76. The molecular formula is C24H28ClN5O4. The number of nitrogens with zero attached hydrogens (tertiary/aromatic N) is 4. The number of aliphatic hydroxyl groups excluding tert-OH is 1. The predicted octanol–water partition coefficient (Wildman–Crippen LogP) is 2.65. The summed E-state index contributed by atoms with van der Waals surface area (Å²) in [7, 11) is 3.15. The lowest BCUT2D eigenvalue weighted by Gasteiger charge is -2.22. The maximum atomic E-state index is 12.9. The van der Waals surface area contributed by atoms with Gasteiger partial charge in [-0.15, -0.1) is 5.10 Å². The van der Waals surface area contributed by atoms with Crippen molar-refractivity contribution in [2.45, 2.75) is 50.4 Å². The molecule has 0 bridgehead atoms. The minimum Gasteiger partial charge on any atom is -0.390 e. The molecule has 180 valence electrons. The van der Waals surface area contributed by atoms with Crippen LogP contribution in [0.5, 0.6) is 0 Å². The van der Waals surface area contributed by atoms with Crippen LogP contribution in [0.3, 0.4) is 0 Å². The zero-order chi connectivity index (χ0) is 24.4. The Bertz CT molecular complexity index is 1190. The van der Waals surface area contributed by atoms with Gasteiger partial charge in [0.2, 0.25) is 5.89 Å². The van der Waals surface area contributed by atoms with Crippen LogP contribution in [-0.4, -0.2) is 49.8 Å². The summed E-state index contributed by atoms with van der Waals surface area (Å²) in [5, 5.41) is 18.6. The molecule has 1 fully saturated rings. The number of benzene rings is 1. The first kappa shape index (κ1) is 24.1. The first-order valence-electron chi connectivity index (χ1n) is 11.2. The number of carbonyl (C=O) groups excluding carboxylic acids is 1. The molecule has 2 N–H and O–H groups in total. The minimum absolute atomic E-state index is 0.0457. The third-order valence-corrected chi connectivity index (χ3v) is 6.62. The SMILES string of the molecule is C[C@H](c1nn(C)c(=O)o1)N(C)C(=O)c1ccc(C[C@@H]2CC[C@H]([C@H](O)c3ccc(Cl)nc3)N2)cc1. The third-order valence-electron chi connectivity index (χ3n) is 6.40. The average Bonchev–Trinajstić information content (AvgIpc) is 3.44. The number of aromatic nitrogens is 3. The normalized spacial score (nSPS) is 19.7. The van der Waals surface area contributed by atoms with E-state index in [9.17, 15) is 14.7 Å². The Balaban J connectivity index is 1.34. The van der Waals surface area contributed by atoms with E-state index in [0.717, 1.165) is 35.1 Å². The van der Waals surface area contributed by atoms with Gasteiger partial charge in [0.05, 0.1) is 6.10 Å². The second kappa shape index (κ2) is 10.1. The second-order valence-electron chi connectivity index (χ2n) is 8.73. The summed E-state index contributed by atoms with van der Waals surface area (Å²) >= 11 is 5.84. The van der Waals surface area contributed by atoms with E-state index in [-0.39, 0.29) is 23.9 Å². The summed E-state index contributed by atoms with van der Waals surface area (Å²) < 4.78 is 6.21. The van der Waals surface area contributed by atoms with Crippen molar-refractivity contribution >= 4 is 17.5 Å². The Morgan fingerprint density at radius 3 is 2.65 bits per heavy atom. The molecule has 10 heteroatoms. The summed E-state index contributed by atoms with van der Waals surface area (Å²) in [4.78, 5) is 30.0. The molecule has 1 aliphatic heterocycles. The van der Waals surface area contributed by atoms with Crippen molar-refractivity contribution in [1.29, 1.82) is 0 Å². The van der Waals surface area contributed by atoms with Crippen molar-refractivity contribution in [3.63, 3.8) is 0 Å². The largest absolute Gasteiger partial charge is 0.436 e. The lowest BCUT2D eigenvalue weighted by molar-refractivity contribution is 0.0720. The molecule has 3 aromatic rings. The van der Waals surface area contributed by atoms with Gasteiger partial charge in [0.1, 0.15) is 11.2 Å². The topological polar surface area (TPSA) is 113 Å². The Kier molecular flexibility index (Phi) is 7.16. The summed E-state index contributed by atoms with van der Waals surface area (Å²) in [5.41, 5.74) is 2.39. The molecule has 0 saturated carbocycles. The highest BCUT2D eigenvalue weighted by atomic mass is 35.5. The summed E-state index contributed by atoms with van der Waals surface area (Å²) in [6.07, 6.45) is 3.56. The Labute approximate surface area is 202 Å². The smallest absolute Gasteiger partial charge is 0.390 e. The number of halogens is 1. The van der Waals surface area contributed by atoms with Gasteiger partial charge in [-0.3, -0.25) is 4.79 Å². The Morgan fingerprint density at radius 1 is 1.29 bits per heavy atom. The maximum absolute atomic E-state index is 12.9. The van der Waals surface area contributed by atoms with Crippen LogP contribution in [-0.2, 0) is 13.5 Å². The zero-order valence-electron chi connectivity index (χ0n) is 19.3. The van der Waals surface area contributed by atoms with E-state index >= 15 is 0 Å². The van der Waals surface area contributed by atoms with Crippen molar-refractivity contribution < 1.29 is 14.3 Å². The van der Waals surface area contributed by atoms with Crippen molar-refractivity contribution in [3.8, 4) is 0 Å². The molecule has 3 heterocycles. The molecule has 2 aromatic heterocycles. The molecule has 1 aliphatic rings. The molecule has 4 atom stereocenters. The van der Waals surface area contributed by atoms with Crippen molar-refractivity contribution in [2.24, 2.45) is 7.05 Å². The lowest BCUT2D eigenvalue weighted by atomic mass is 10.0. The molecule has 0 unspecified atom stereocenters. The van der Waals surface area contributed by atoms with Gasteiger partial charge in [-0.25, -0.2) is 9.78 Å². The standard InChI is InChI=1S/C24H28ClN5O4/c1-14(22-28-30(3)24(33)34-22)29(2)23(32)16-6-4-15(5-7-16)12-18-9-10-19(27-18)21(31)17-8-11-20(25)26-13-17/h4-8,11,13-14,18-19,21,27,31H,9-10,12H2,1-3H3/t14-,18+,19-,21-/m1/s1. The van der Waals surface area contributed by atoms with Crippen LogP contribution in [0.25, 0.3) is 0 Å². The number of hydrogen-bond acceptors (Lipinski definition) is 7. The van der Waals surface area contributed by atoms with Gasteiger partial charge in [0.15, 0.2) is 0 Å². The quantitative estimate of drug-likeness (QED) is 0.494. The Morgan fingerprint density at radius 2 is 2.03 bits per heavy atom. The monoisotopic (exact) mass is 485 g/mol. The van der Waals surface area contributed by atoms with Gasteiger partial charge in [-0.1, -0.05) is 29.8 Å². The molecule has 9 nitrogen and oxygen atoms in total. The van der Waals surface area contributed by atoms with Crippen LogP contribution in [0.4, 0.5) is 0 Å². The highest BCUT2D eigenvalue weighted by Gasteiger charge is 2.30. The van der Waals surface area contributed by atoms with E-state index in [1.807, 2.05) is 12.1 Å². The summed E-state index contributed by atoms with van der Waals surface area (Å²) in [5.74, 6) is -0.559. The second-order valence-corrected chi connectivity index (χ2v) is 9.12. The number of amides is 1.